The summed E-state index contributed by atoms with van der Waals surface area (Å²) in [7, 11) is 0. The minimum atomic E-state index is -0.523. The van der Waals surface area contributed by atoms with Crippen LogP contribution in [0.2, 0.25) is 0 Å². The molecule has 0 saturated heterocycles. The second-order valence-corrected chi connectivity index (χ2v) is 8.24. The molecule has 1 N–H and O–H groups in total. The molecule has 3 nitrogen and oxygen atoms in total. The van der Waals surface area contributed by atoms with Gasteiger partial charge in [0.05, 0.1) is 11.5 Å². The maximum absolute atomic E-state index is 12.1. The molecule has 2 aliphatic carbocycles. The van der Waals surface area contributed by atoms with Gasteiger partial charge in [-0.2, -0.15) is 0 Å². The fourth-order valence-electron chi connectivity index (χ4n) is 5.07. The summed E-state index contributed by atoms with van der Waals surface area (Å²) in [5, 5.41) is 9.99. The van der Waals surface area contributed by atoms with E-state index in [4.69, 9.17) is 4.74 Å². The van der Waals surface area contributed by atoms with Crippen LogP contribution in [0.25, 0.3) is 0 Å². The summed E-state index contributed by atoms with van der Waals surface area (Å²) in [5.74, 6) is 0.610. The summed E-state index contributed by atoms with van der Waals surface area (Å²) >= 11 is 0. The molecule has 0 aromatic rings. The van der Waals surface area contributed by atoms with E-state index in [0.717, 1.165) is 70.3 Å². The highest BCUT2D eigenvalue weighted by atomic mass is 16.5. The van der Waals surface area contributed by atoms with Crippen LogP contribution in [0.1, 0.15) is 97.3 Å². The van der Waals surface area contributed by atoms with E-state index in [1.165, 1.54) is 25.7 Å². The number of carboxylic acid groups (broad SMARTS) is 1. The fraction of sp³-hybridized carbons (Fsp3) is 0.952. The number of carboxylic acids is 1. The number of ether oxygens (including phenoxy) is 1. The van der Waals surface area contributed by atoms with E-state index in [1.54, 1.807) is 0 Å². The number of rotatable bonds is 9. The Labute approximate surface area is 148 Å². The molecule has 140 valence electrons. The highest BCUT2D eigenvalue weighted by molar-refractivity contribution is 5.75. The molecule has 2 saturated carbocycles. The monoisotopic (exact) mass is 338 g/mol. The molecular formula is C21H38O3. The van der Waals surface area contributed by atoms with Crippen molar-refractivity contribution in [3.8, 4) is 0 Å². The van der Waals surface area contributed by atoms with Crippen molar-refractivity contribution < 1.29 is 14.6 Å². The maximum Gasteiger partial charge on any atom is 0.309 e. The molecule has 0 unspecified atom stereocenters. The lowest BCUT2D eigenvalue weighted by atomic mass is 9.59. The van der Waals surface area contributed by atoms with Gasteiger partial charge in [0, 0.05) is 6.61 Å². The van der Waals surface area contributed by atoms with Gasteiger partial charge in [-0.1, -0.05) is 39.5 Å². The number of hydrogen-bond acceptors (Lipinski definition) is 2. The molecular weight excluding hydrogens is 300 g/mol. The third-order valence-corrected chi connectivity index (χ3v) is 6.68. The molecule has 3 heteroatoms. The third kappa shape index (κ3) is 4.97. The SMILES string of the molecule is CCCCCOC1CCC(C2(C(=O)O)CCC(CCC)CC2)CC1. The number of hydrogen-bond donors (Lipinski definition) is 1. The van der Waals surface area contributed by atoms with Crippen molar-refractivity contribution in [1.29, 1.82) is 0 Å². The first-order chi connectivity index (χ1) is 11.6. The zero-order valence-electron chi connectivity index (χ0n) is 15.9. The van der Waals surface area contributed by atoms with Gasteiger partial charge in [-0.05, 0) is 69.6 Å². The van der Waals surface area contributed by atoms with Crippen LogP contribution in [0.3, 0.4) is 0 Å². The Morgan fingerprint density at radius 3 is 2.21 bits per heavy atom. The molecule has 2 rings (SSSR count). The van der Waals surface area contributed by atoms with Crippen LogP contribution in [-0.4, -0.2) is 23.8 Å². The first-order valence-electron chi connectivity index (χ1n) is 10.5. The van der Waals surface area contributed by atoms with Crippen molar-refractivity contribution in [2.24, 2.45) is 17.3 Å². The van der Waals surface area contributed by atoms with Crippen molar-refractivity contribution in [1.82, 2.24) is 0 Å². The van der Waals surface area contributed by atoms with Crippen LogP contribution in [-0.2, 0) is 9.53 Å². The predicted molar refractivity (Wildman–Crippen MR) is 98.2 cm³/mol. The highest BCUT2D eigenvalue weighted by Gasteiger charge is 2.48. The molecule has 0 aromatic carbocycles. The Bertz CT molecular complexity index is 363. The quantitative estimate of drug-likeness (QED) is 0.539. The van der Waals surface area contributed by atoms with Gasteiger partial charge in [-0.3, -0.25) is 4.79 Å². The van der Waals surface area contributed by atoms with Crippen molar-refractivity contribution in [2.45, 2.75) is 103 Å². The Morgan fingerprint density at radius 1 is 1.00 bits per heavy atom. The lowest BCUT2D eigenvalue weighted by Gasteiger charge is -2.45. The molecule has 2 fully saturated rings. The summed E-state index contributed by atoms with van der Waals surface area (Å²) < 4.78 is 6.02. The van der Waals surface area contributed by atoms with Gasteiger partial charge in [-0.25, -0.2) is 0 Å². The Kier molecular flexibility index (Phi) is 8.06. The molecule has 0 aromatic heterocycles. The van der Waals surface area contributed by atoms with Crippen LogP contribution < -0.4 is 0 Å². The van der Waals surface area contributed by atoms with Crippen LogP contribution >= 0.6 is 0 Å². The molecule has 0 heterocycles. The summed E-state index contributed by atoms with van der Waals surface area (Å²) in [6.07, 6.45) is 14.8. The predicted octanol–water partition coefficient (Wildman–Crippen LogP) is 5.81. The second kappa shape index (κ2) is 9.79. The normalized spacial score (nSPS) is 34.2. The standard InChI is InChI=1S/C21H38O3/c1-3-5-6-16-24-19-10-8-18(9-11-19)21(20(22)23)14-12-17(7-4-2)13-15-21/h17-19H,3-16H2,1-2H3,(H,22,23). The smallest absolute Gasteiger partial charge is 0.309 e. The largest absolute Gasteiger partial charge is 0.481 e. The van der Waals surface area contributed by atoms with E-state index in [9.17, 15) is 9.90 Å². The zero-order valence-corrected chi connectivity index (χ0v) is 15.9. The maximum atomic E-state index is 12.1. The summed E-state index contributed by atoms with van der Waals surface area (Å²) in [5.41, 5.74) is -0.433. The summed E-state index contributed by atoms with van der Waals surface area (Å²) in [6, 6.07) is 0. The van der Waals surface area contributed by atoms with Gasteiger partial charge < -0.3 is 9.84 Å². The molecule has 0 radical (unpaired) electrons. The second-order valence-electron chi connectivity index (χ2n) is 8.24. The van der Waals surface area contributed by atoms with E-state index in [0.29, 0.717) is 12.0 Å². The number of unbranched alkanes of at least 4 members (excludes halogenated alkanes) is 2. The van der Waals surface area contributed by atoms with Crippen LogP contribution in [0.4, 0.5) is 0 Å². The lowest BCUT2D eigenvalue weighted by molar-refractivity contribution is -0.158. The van der Waals surface area contributed by atoms with E-state index < -0.39 is 11.4 Å². The summed E-state index contributed by atoms with van der Waals surface area (Å²) in [4.78, 5) is 12.1. The van der Waals surface area contributed by atoms with Crippen molar-refractivity contribution >= 4 is 5.97 Å². The molecule has 0 amide bonds. The first kappa shape index (κ1) is 19.8. The minimum absolute atomic E-state index is 0.369. The average molecular weight is 339 g/mol. The zero-order chi connectivity index (χ0) is 17.4. The van der Waals surface area contributed by atoms with Gasteiger partial charge in [0.25, 0.3) is 0 Å². The lowest BCUT2D eigenvalue weighted by Crippen LogP contribution is -2.44. The molecule has 0 bridgehead atoms. The topological polar surface area (TPSA) is 46.5 Å². The van der Waals surface area contributed by atoms with E-state index >= 15 is 0 Å². The van der Waals surface area contributed by atoms with E-state index in [1.807, 2.05) is 0 Å². The van der Waals surface area contributed by atoms with Gasteiger partial charge in [0.1, 0.15) is 0 Å². The molecule has 0 aliphatic heterocycles. The van der Waals surface area contributed by atoms with Crippen molar-refractivity contribution in [3.63, 3.8) is 0 Å². The Balaban J connectivity index is 1.82. The van der Waals surface area contributed by atoms with E-state index in [2.05, 4.69) is 13.8 Å². The fourth-order valence-corrected chi connectivity index (χ4v) is 5.07. The Morgan fingerprint density at radius 2 is 1.67 bits per heavy atom. The molecule has 0 spiro atoms. The minimum Gasteiger partial charge on any atom is -0.481 e. The van der Waals surface area contributed by atoms with Gasteiger partial charge in [0.2, 0.25) is 0 Å². The number of aliphatic carboxylic acids is 1. The number of carbonyl (C=O) groups is 1. The highest BCUT2D eigenvalue weighted by Crippen LogP contribution is 2.50. The van der Waals surface area contributed by atoms with Gasteiger partial charge >= 0.3 is 5.97 Å². The van der Waals surface area contributed by atoms with E-state index in [-0.39, 0.29) is 0 Å². The molecule has 24 heavy (non-hydrogen) atoms. The third-order valence-electron chi connectivity index (χ3n) is 6.68. The van der Waals surface area contributed by atoms with Crippen molar-refractivity contribution in [3.05, 3.63) is 0 Å². The summed E-state index contributed by atoms with van der Waals surface area (Å²) in [6.45, 7) is 5.33. The average Bonchev–Trinajstić information content (AvgIpc) is 2.60. The van der Waals surface area contributed by atoms with Gasteiger partial charge in [0.15, 0.2) is 0 Å². The molecule has 2 aliphatic rings. The van der Waals surface area contributed by atoms with Crippen LogP contribution in [0.5, 0.6) is 0 Å². The first-order valence-corrected chi connectivity index (χ1v) is 10.5. The van der Waals surface area contributed by atoms with Gasteiger partial charge in [-0.15, -0.1) is 0 Å². The van der Waals surface area contributed by atoms with Crippen LogP contribution in [0, 0.1) is 17.3 Å². The van der Waals surface area contributed by atoms with Crippen LogP contribution in [0.15, 0.2) is 0 Å². The molecule has 0 atom stereocenters. The van der Waals surface area contributed by atoms with Crippen molar-refractivity contribution in [2.75, 3.05) is 6.61 Å². The Hall–Kier alpha value is -0.570.